The van der Waals surface area contributed by atoms with Gasteiger partial charge in [-0.15, -0.1) is 35.3 Å². The number of anilines is 1. The molecule has 4 N–H and O–H groups in total. The van der Waals surface area contributed by atoms with Gasteiger partial charge >= 0.3 is 0 Å². The fourth-order valence-electron chi connectivity index (χ4n) is 2.22. The molecular formula is C18H26IN3O3S. The van der Waals surface area contributed by atoms with Crippen molar-refractivity contribution in [2.45, 2.75) is 26.4 Å². The Morgan fingerprint density at radius 1 is 1.27 bits per heavy atom. The molecule has 26 heavy (non-hydrogen) atoms. The van der Waals surface area contributed by atoms with Crippen LogP contribution in [0.3, 0.4) is 0 Å². The minimum atomic E-state index is -1.06. The van der Waals surface area contributed by atoms with Crippen molar-refractivity contribution >= 4 is 47.0 Å². The lowest BCUT2D eigenvalue weighted by Crippen LogP contribution is -2.29. The predicted molar refractivity (Wildman–Crippen MR) is 118 cm³/mol. The van der Waals surface area contributed by atoms with Crippen molar-refractivity contribution in [3.05, 3.63) is 40.6 Å². The Balaban J connectivity index is 0.00000338. The molecule has 1 atom stereocenters. The molecule has 8 heteroatoms. The van der Waals surface area contributed by atoms with E-state index in [1.165, 1.54) is 11.3 Å². The van der Waals surface area contributed by atoms with E-state index in [2.05, 4.69) is 10.3 Å². The second-order valence-corrected chi connectivity index (χ2v) is 6.55. The largest absolute Gasteiger partial charge is 0.494 e. The van der Waals surface area contributed by atoms with Gasteiger partial charge in [0, 0.05) is 10.9 Å². The van der Waals surface area contributed by atoms with Crippen LogP contribution in [0.5, 0.6) is 11.5 Å². The molecule has 0 aliphatic rings. The summed E-state index contributed by atoms with van der Waals surface area (Å²) >= 11 is 1.48. The molecule has 0 bridgehead atoms. The number of nitrogens with zero attached hydrogens (tertiary/aromatic N) is 1. The van der Waals surface area contributed by atoms with Gasteiger partial charge in [0.15, 0.2) is 5.96 Å². The molecule has 1 unspecified atom stereocenters. The highest BCUT2D eigenvalue weighted by Gasteiger charge is 2.23. The van der Waals surface area contributed by atoms with Crippen LogP contribution in [0.25, 0.3) is 0 Å². The third-order valence-corrected chi connectivity index (χ3v) is 4.56. The van der Waals surface area contributed by atoms with Gasteiger partial charge in [-0.1, -0.05) is 6.07 Å². The average molecular weight is 491 g/mol. The fraction of sp³-hybridized carbons (Fsp3) is 0.389. The van der Waals surface area contributed by atoms with E-state index in [1.807, 2.05) is 49.6 Å². The quantitative estimate of drug-likeness (QED) is 0.297. The van der Waals surface area contributed by atoms with Gasteiger partial charge in [-0.3, -0.25) is 0 Å². The predicted octanol–water partition coefficient (Wildman–Crippen LogP) is 3.80. The molecule has 1 heterocycles. The van der Waals surface area contributed by atoms with Crippen LogP contribution in [-0.2, 0) is 5.60 Å². The maximum Gasteiger partial charge on any atom is 0.193 e. The molecule has 0 aliphatic heterocycles. The van der Waals surface area contributed by atoms with Crippen LogP contribution in [0.15, 0.2) is 40.7 Å². The number of nitrogens with two attached hydrogens (primary N) is 1. The number of hydrogen-bond donors (Lipinski definition) is 3. The highest BCUT2D eigenvalue weighted by molar-refractivity contribution is 14.0. The maximum absolute atomic E-state index is 10.5. The smallest absolute Gasteiger partial charge is 0.193 e. The van der Waals surface area contributed by atoms with Crippen molar-refractivity contribution in [2.75, 3.05) is 25.1 Å². The summed E-state index contributed by atoms with van der Waals surface area (Å²) in [4.78, 5) is 5.11. The molecule has 1 aromatic heterocycles. The normalized spacial score (nSPS) is 13.5. The summed E-state index contributed by atoms with van der Waals surface area (Å²) < 4.78 is 11.1. The number of thiophene rings is 1. The summed E-state index contributed by atoms with van der Waals surface area (Å²) in [7, 11) is 0. The number of aliphatic imine (C=N–C) groups is 1. The summed E-state index contributed by atoms with van der Waals surface area (Å²) in [6.45, 7) is 6.81. The maximum atomic E-state index is 10.5. The van der Waals surface area contributed by atoms with Crippen LogP contribution in [0.1, 0.15) is 25.6 Å². The van der Waals surface area contributed by atoms with E-state index in [4.69, 9.17) is 15.2 Å². The molecule has 0 saturated heterocycles. The lowest BCUT2D eigenvalue weighted by Gasteiger charge is -2.20. The lowest BCUT2D eigenvalue weighted by atomic mass is 10.1. The van der Waals surface area contributed by atoms with E-state index >= 15 is 0 Å². The molecule has 6 nitrogen and oxygen atoms in total. The highest BCUT2D eigenvalue weighted by Crippen LogP contribution is 2.29. The van der Waals surface area contributed by atoms with Gasteiger partial charge in [0.25, 0.3) is 0 Å². The standard InChI is InChI=1S/C18H25N3O3S.HI/c1-4-23-13-8-9-15(24-5-2)14(11-13)21-17(19)20-12-18(3,22)16-7-6-10-25-16;/h6-11,22H,4-5,12H2,1-3H3,(H3,19,20,21);1H. The molecule has 2 rings (SSSR count). The van der Waals surface area contributed by atoms with Crippen LogP contribution >= 0.6 is 35.3 Å². The number of aliphatic hydroxyl groups is 1. The first-order chi connectivity index (χ1) is 12.0. The number of rotatable bonds is 8. The summed E-state index contributed by atoms with van der Waals surface area (Å²) in [5.74, 6) is 1.58. The minimum Gasteiger partial charge on any atom is -0.494 e. The summed E-state index contributed by atoms with van der Waals surface area (Å²) in [5, 5.41) is 15.5. The van der Waals surface area contributed by atoms with Gasteiger partial charge in [-0.05, 0) is 44.4 Å². The van der Waals surface area contributed by atoms with Crippen molar-refractivity contribution in [1.82, 2.24) is 0 Å². The molecule has 0 amide bonds. The average Bonchev–Trinajstić information content (AvgIpc) is 3.11. The molecule has 0 saturated carbocycles. The third kappa shape index (κ3) is 6.33. The third-order valence-electron chi connectivity index (χ3n) is 3.43. The number of hydrogen-bond acceptors (Lipinski definition) is 5. The van der Waals surface area contributed by atoms with Gasteiger partial charge in [-0.25, -0.2) is 4.99 Å². The van der Waals surface area contributed by atoms with Crippen LogP contribution in [0, 0.1) is 0 Å². The Labute approximate surface area is 175 Å². The highest BCUT2D eigenvalue weighted by atomic mass is 127. The van der Waals surface area contributed by atoms with E-state index in [1.54, 1.807) is 6.92 Å². The topological polar surface area (TPSA) is 89.1 Å². The zero-order valence-corrected chi connectivity index (χ0v) is 18.3. The van der Waals surface area contributed by atoms with E-state index in [0.717, 1.165) is 4.88 Å². The lowest BCUT2D eigenvalue weighted by molar-refractivity contribution is 0.0713. The molecular weight excluding hydrogens is 465 g/mol. The van der Waals surface area contributed by atoms with Gasteiger partial charge in [-0.2, -0.15) is 0 Å². The Morgan fingerprint density at radius 3 is 2.62 bits per heavy atom. The van der Waals surface area contributed by atoms with Crippen LogP contribution in [-0.4, -0.2) is 30.8 Å². The van der Waals surface area contributed by atoms with Crippen molar-refractivity contribution in [3.8, 4) is 11.5 Å². The molecule has 2 aromatic rings. The van der Waals surface area contributed by atoms with Crippen molar-refractivity contribution in [1.29, 1.82) is 0 Å². The van der Waals surface area contributed by atoms with E-state index < -0.39 is 5.60 Å². The minimum absolute atomic E-state index is 0. The molecule has 0 radical (unpaired) electrons. The number of benzene rings is 1. The SMILES string of the molecule is CCOc1ccc(OCC)c(NC(N)=NCC(C)(O)c2cccs2)c1.I. The van der Waals surface area contributed by atoms with Gasteiger partial charge in [0.2, 0.25) is 0 Å². The zero-order valence-electron chi connectivity index (χ0n) is 15.2. The zero-order chi connectivity index (χ0) is 18.3. The first kappa shape index (κ1) is 22.5. The second kappa shape index (κ2) is 10.6. The molecule has 0 spiro atoms. The van der Waals surface area contributed by atoms with Gasteiger partial charge in [0.05, 0.1) is 25.4 Å². The molecule has 1 aromatic carbocycles. The first-order valence-electron chi connectivity index (χ1n) is 8.19. The molecule has 0 aliphatic carbocycles. The Bertz CT molecular complexity index is 706. The second-order valence-electron chi connectivity index (χ2n) is 5.60. The Kier molecular flexibility index (Phi) is 9.17. The van der Waals surface area contributed by atoms with Gasteiger partial charge < -0.3 is 25.6 Å². The number of ether oxygens (including phenoxy) is 2. The molecule has 0 fully saturated rings. The summed E-state index contributed by atoms with van der Waals surface area (Å²) in [6, 6.07) is 9.25. The fourth-order valence-corrected chi connectivity index (χ4v) is 3.00. The Hall–Kier alpha value is -1.52. The Morgan fingerprint density at radius 2 is 2.00 bits per heavy atom. The van der Waals surface area contributed by atoms with Crippen molar-refractivity contribution < 1.29 is 14.6 Å². The van der Waals surface area contributed by atoms with E-state index in [9.17, 15) is 5.11 Å². The van der Waals surface area contributed by atoms with Crippen LogP contribution in [0.2, 0.25) is 0 Å². The first-order valence-corrected chi connectivity index (χ1v) is 9.07. The number of nitrogens with one attached hydrogen (secondary N) is 1. The van der Waals surface area contributed by atoms with Crippen molar-refractivity contribution in [3.63, 3.8) is 0 Å². The summed E-state index contributed by atoms with van der Waals surface area (Å²) in [5.41, 5.74) is 5.60. The van der Waals surface area contributed by atoms with Gasteiger partial charge in [0.1, 0.15) is 17.1 Å². The van der Waals surface area contributed by atoms with Crippen molar-refractivity contribution in [2.24, 2.45) is 10.7 Å². The van der Waals surface area contributed by atoms with Crippen LogP contribution in [0.4, 0.5) is 5.69 Å². The monoisotopic (exact) mass is 491 g/mol. The van der Waals surface area contributed by atoms with Crippen LogP contribution < -0.4 is 20.5 Å². The number of halogens is 1. The summed E-state index contributed by atoms with van der Waals surface area (Å²) in [6.07, 6.45) is 0. The van der Waals surface area contributed by atoms with E-state index in [-0.39, 0.29) is 36.5 Å². The van der Waals surface area contributed by atoms with E-state index in [0.29, 0.717) is 30.4 Å². The number of guanidine groups is 1. The molecule has 144 valence electrons.